The van der Waals surface area contributed by atoms with Gasteiger partial charge in [-0.25, -0.2) is 4.98 Å². The van der Waals surface area contributed by atoms with E-state index in [-0.39, 0.29) is 0 Å². The molecule has 4 aromatic rings. The summed E-state index contributed by atoms with van der Waals surface area (Å²) in [5.74, 6) is 3.45. The molecule has 1 heterocycles. The molecule has 0 fully saturated rings. The van der Waals surface area contributed by atoms with Gasteiger partial charge in [-0.3, -0.25) is 0 Å². The monoisotopic (exact) mass is 402 g/mol. The van der Waals surface area contributed by atoms with Crippen molar-refractivity contribution in [1.82, 2.24) is 9.55 Å². The molecule has 5 heteroatoms. The lowest BCUT2D eigenvalue weighted by atomic mass is 10.3. The third kappa shape index (κ3) is 4.92. The fourth-order valence-corrected chi connectivity index (χ4v) is 3.38. The predicted octanol–water partition coefficient (Wildman–Crippen LogP) is 5.48. The number of fused-ring (bicyclic) bond motifs is 1. The van der Waals surface area contributed by atoms with Gasteiger partial charge in [0, 0.05) is 6.54 Å². The van der Waals surface area contributed by atoms with Crippen LogP contribution >= 0.6 is 0 Å². The second kappa shape index (κ2) is 9.83. The SMILES string of the molecule is COc1ccc(OCc2nc3ccccc3n2CCCCOc2ccccc2)cc1. The van der Waals surface area contributed by atoms with Crippen LogP contribution in [0.5, 0.6) is 17.2 Å². The molecule has 30 heavy (non-hydrogen) atoms. The average molecular weight is 402 g/mol. The van der Waals surface area contributed by atoms with Gasteiger partial charge in [-0.05, 0) is 61.4 Å². The number of para-hydroxylation sites is 3. The summed E-state index contributed by atoms with van der Waals surface area (Å²) in [4.78, 5) is 4.79. The van der Waals surface area contributed by atoms with E-state index in [9.17, 15) is 0 Å². The van der Waals surface area contributed by atoms with E-state index in [0.717, 1.165) is 53.5 Å². The van der Waals surface area contributed by atoms with Crippen LogP contribution in [0.4, 0.5) is 0 Å². The lowest BCUT2D eigenvalue weighted by Crippen LogP contribution is -2.08. The molecule has 0 amide bonds. The minimum atomic E-state index is 0.418. The Hall–Kier alpha value is -3.47. The van der Waals surface area contributed by atoms with Crippen LogP contribution in [0.1, 0.15) is 18.7 Å². The van der Waals surface area contributed by atoms with Crippen LogP contribution in [0.25, 0.3) is 11.0 Å². The van der Waals surface area contributed by atoms with E-state index in [1.54, 1.807) is 7.11 Å². The number of hydrogen-bond donors (Lipinski definition) is 0. The van der Waals surface area contributed by atoms with Gasteiger partial charge in [0.15, 0.2) is 0 Å². The Labute approximate surface area is 176 Å². The first kappa shape index (κ1) is 19.8. The quantitative estimate of drug-likeness (QED) is 0.329. The van der Waals surface area contributed by atoms with Crippen molar-refractivity contribution in [3.63, 3.8) is 0 Å². The van der Waals surface area contributed by atoms with Crippen molar-refractivity contribution in [2.45, 2.75) is 26.0 Å². The number of rotatable bonds is 10. The third-order valence-electron chi connectivity index (χ3n) is 4.95. The first-order valence-electron chi connectivity index (χ1n) is 10.2. The molecule has 0 aliphatic rings. The average Bonchev–Trinajstić information content (AvgIpc) is 3.16. The second-order valence-corrected chi connectivity index (χ2v) is 7.00. The fourth-order valence-electron chi connectivity index (χ4n) is 3.38. The normalized spacial score (nSPS) is 10.8. The van der Waals surface area contributed by atoms with Crippen LogP contribution in [-0.4, -0.2) is 23.3 Å². The van der Waals surface area contributed by atoms with Crippen molar-refractivity contribution >= 4 is 11.0 Å². The summed E-state index contributed by atoms with van der Waals surface area (Å²) in [5, 5.41) is 0. The first-order chi connectivity index (χ1) is 14.8. The molecule has 4 rings (SSSR count). The summed E-state index contributed by atoms with van der Waals surface area (Å²) in [7, 11) is 1.66. The Bertz CT molecular complexity index is 1060. The summed E-state index contributed by atoms with van der Waals surface area (Å²) < 4.78 is 19.2. The molecule has 0 aliphatic carbocycles. The molecule has 0 saturated carbocycles. The van der Waals surface area contributed by atoms with Crippen LogP contribution < -0.4 is 14.2 Å². The van der Waals surface area contributed by atoms with Crippen LogP contribution in [0.15, 0.2) is 78.9 Å². The number of aromatic nitrogens is 2. The van der Waals surface area contributed by atoms with Crippen molar-refractivity contribution in [2.75, 3.05) is 13.7 Å². The Morgan fingerprint density at radius 1 is 0.733 bits per heavy atom. The number of methoxy groups -OCH3 is 1. The van der Waals surface area contributed by atoms with Gasteiger partial charge in [0.25, 0.3) is 0 Å². The number of unbranched alkanes of at least 4 members (excludes halogenated alkanes) is 1. The molecule has 0 N–H and O–H groups in total. The Morgan fingerprint density at radius 3 is 2.23 bits per heavy atom. The van der Waals surface area contributed by atoms with Gasteiger partial charge in [-0.1, -0.05) is 30.3 Å². The highest BCUT2D eigenvalue weighted by Crippen LogP contribution is 2.21. The van der Waals surface area contributed by atoms with Gasteiger partial charge < -0.3 is 18.8 Å². The second-order valence-electron chi connectivity index (χ2n) is 7.00. The highest BCUT2D eigenvalue weighted by Gasteiger charge is 2.11. The van der Waals surface area contributed by atoms with Crippen molar-refractivity contribution < 1.29 is 14.2 Å². The Balaban J connectivity index is 1.38. The molecule has 0 aliphatic heterocycles. The fraction of sp³-hybridized carbons (Fsp3) is 0.240. The van der Waals surface area contributed by atoms with Crippen LogP contribution in [-0.2, 0) is 13.2 Å². The summed E-state index contributed by atoms with van der Waals surface area (Å²) in [5.41, 5.74) is 2.13. The lowest BCUT2D eigenvalue weighted by molar-refractivity contribution is 0.284. The molecule has 1 aromatic heterocycles. The number of imidazole rings is 1. The largest absolute Gasteiger partial charge is 0.497 e. The van der Waals surface area contributed by atoms with Crippen molar-refractivity contribution in [1.29, 1.82) is 0 Å². The number of aryl methyl sites for hydroxylation is 1. The molecule has 0 bridgehead atoms. The minimum Gasteiger partial charge on any atom is -0.497 e. The van der Waals surface area contributed by atoms with Crippen molar-refractivity contribution in [3.8, 4) is 17.2 Å². The standard InChI is InChI=1S/C25H26N2O3/c1-28-20-13-15-22(16-14-20)30-19-25-26-23-11-5-6-12-24(23)27(25)17-7-8-18-29-21-9-3-2-4-10-21/h2-6,9-16H,7-8,17-19H2,1H3. The molecule has 0 unspecified atom stereocenters. The van der Waals surface area contributed by atoms with Gasteiger partial charge in [-0.2, -0.15) is 0 Å². The molecule has 154 valence electrons. The maximum absolute atomic E-state index is 5.98. The van der Waals surface area contributed by atoms with E-state index in [1.165, 1.54) is 0 Å². The van der Waals surface area contributed by atoms with Crippen molar-refractivity contribution in [2.24, 2.45) is 0 Å². The Morgan fingerprint density at radius 2 is 1.43 bits per heavy atom. The summed E-state index contributed by atoms with van der Waals surface area (Å²) in [6.45, 7) is 2.00. The topological polar surface area (TPSA) is 45.5 Å². The van der Waals surface area contributed by atoms with E-state index in [2.05, 4.69) is 10.6 Å². The van der Waals surface area contributed by atoms with Gasteiger partial charge in [0.05, 0.1) is 24.8 Å². The van der Waals surface area contributed by atoms with E-state index in [1.807, 2.05) is 72.8 Å². The molecule has 5 nitrogen and oxygen atoms in total. The minimum absolute atomic E-state index is 0.418. The van der Waals surface area contributed by atoms with Gasteiger partial charge in [0.2, 0.25) is 0 Å². The number of benzene rings is 3. The summed E-state index contributed by atoms with van der Waals surface area (Å²) >= 11 is 0. The highest BCUT2D eigenvalue weighted by atomic mass is 16.5. The number of nitrogens with zero attached hydrogens (tertiary/aromatic N) is 2. The van der Waals surface area contributed by atoms with E-state index < -0.39 is 0 Å². The van der Waals surface area contributed by atoms with Crippen LogP contribution in [0.3, 0.4) is 0 Å². The maximum Gasteiger partial charge on any atom is 0.147 e. The number of ether oxygens (including phenoxy) is 3. The molecule has 3 aromatic carbocycles. The molecular formula is C25H26N2O3. The zero-order valence-electron chi connectivity index (χ0n) is 17.2. The molecule has 0 atom stereocenters. The zero-order valence-corrected chi connectivity index (χ0v) is 17.2. The molecular weight excluding hydrogens is 376 g/mol. The summed E-state index contributed by atoms with van der Waals surface area (Å²) in [6.07, 6.45) is 1.98. The van der Waals surface area contributed by atoms with E-state index in [4.69, 9.17) is 19.2 Å². The van der Waals surface area contributed by atoms with Gasteiger partial charge >= 0.3 is 0 Å². The van der Waals surface area contributed by atoms with Gasteiger partial charge in [0.1, 0.15) is 29.7 Å². The Kier molecular flexibility index (Phi) is 6.50. The third-order valence-corrected chi connectivity index (χ3v) is 4.95. The number of hydrogen-bond acceptors (Lipinski definition) is 4. The first-order valence-corrected chi connectivity index (χ1v) is 10.2. The predicted molar refractivity (Wildman–Crippen MR) is 118 cm³/mol. The smallest absolute Gasteiger partial charge is 0.147 e. The molecule has 0 saturated heterocycles. The van der Waals surface area contributed by atoms with Crippen LogP contribution in [0, 0.1) is 0 Å². The van der Waals surface area contributed by atoms with E-state index >= 15 is 0 Å². The van der Waals surface area contributed by atoms with E-state index in [0.29, 0.717) is 13.2 Å². The highest BCUT2D eigenvalue weighted by molar-refractivity contribution is 5.75. The molecule has 0 spiro atoms. The lowest BCUT2D eigenvalue weighted by Gasteiger charge is -2.11. The zero-order chi connectivity index (χ0) is 20.6. The summed E-state index contributed by atoms with van der Waals surface area (Å²) in [6, 6.07) is 25.8. The molecule has 0 radical (unpaired) electrons. The maximum atomic E-state index is 5.98. The van der Waals surface area contributed by atoms with Crippen LogP contribution in [0.2, 0.25) is 0 Å². The van der Waals surface area contributed by atoms with Crippen molar-refractivity contribution in [3.05, 3.63) is 84.7 Å². The van der Waals surface area contributed by atoms with Gasteiger partial charge in [-0.15, -0.1) is 0 Å².